The van der Waals surface area contributed by atoms with Crippen molar-refractivity contribution in [3.05, 3.63) is 95.6 Å². The number of amides is 2. The van der Waals surface area contributed by atoms with Crippen molar-refractivity contribution >= 4 is 40.6 Å². The lowest BCUT2D eigenvalue weighted by Gasteiger charge is -2.08. The van der Waals surface area contributed by atoms with E-state index in [9.17, 15) is 9.59 Å². The van der Waals surface area contributed by atoms with Gasteiger partial charge in [0, 0.05) is 12.1 Å². The highest BCUT2D eigenvalue weighted by Gasteiger charge is 2.32. The predicted octanol–water partition coefficient (Wildman–Crippen LogP) is 4.52. The normalized spacial score (nSPS) is 16.6. The van der Waals surface area contributed by atoms with E-state index in [1.165, 1.54) is 17.3 Å². The number of hydrogen-bond donors (Lipinski definition) is 2. The Balaban J connectivity index is 1.26. The van der Waals surface area contributed by atoms with Crippen LogP contribution < -0.4 is 15.4 Å². The third-order valence-corrected chi connectivity index (χ3v) is 6.17. The van der Waals surface area contributed by atoms with Crippen molar-refractivity contribution in [2.24, 2.45) is 10.2 Å². The van der Waals surface area contributed by atoms with Crippen molar-refractivity contribution in [1.82, 2.24) is 5.32 Å². The van der Waals surface area contributed by atoms with Gasteiger partial charge in [-0.15, -0.1) is 5.10 Å². The molecule has 1 atom stereocenters. The van der Waals surface area contributed by atoms with Crippen molar-refractivity contribution in [3.63, 3.8) is 0 Å². The number of nitrogens with zero attached hydrogens (tertiary/aromatic N) is 2. The Kier molecular flexibility index (Phi) is 7.72. The number of thioether (sulfide) groups is 1. The summed E-state index contributed by atoms with van der Waals surface area (Å²) in [5.74, 6) is 0.285. The van der Waals surface area contributed by atoms with E-state index in [0.717, 1.165) is 16.9 Å². The summed E-state index contributed by atoms with van der Waals surface area (Å²) in [6, 6.07) is 24.8. The van der Waals surface area contributed by atoms with Gasteiger partial charge in [-0.05, 0) is 60.0 Å². The molecule has 0 aliphatic carbocycles. The Morgan fingerprint density at radius 2 is 1.79 bits per heavy atom. The molecule has 0 saturated carbocycles. The summed E-state index contributed by atoms with van der Waals surface area (Å²) >= 11 is 1.20. The van der Waals surface area contributed by atoms with Crippen LogP contribution >= 0.6 is 11.8 Å². The number of rotatable bonds is 8. The molecule has 4 rings (SSSR count). The minimum absolute atomic E-state index is 0.0537. The molecule has 0 radical (unpaired) electrons. The molecule has 1 saturated heterocycles. The summed E-state index contributed by atoms with van der Waals surface area (Å²) in [6.45, 7) is 2.57. The van der Waals surface area contributed by atoms with Gasteiger partial charge in [0.15, 0.2) is 5.17 Å². The molecule has 2 N–H and O–H groups in total. The first-order valence-corrected chi connectivity index (χ1v) is 11.7. The van der Waals surface area contributed by atoms with Crippen molar-refractivity contribution in [2.45, 2.75) is 25.2 Å². The fourth-order valence-electron chi connectivity index (χ4n) is 3.22. The summed E-state index contributed by atoms with van der Waals surface area (Å²) in [5, 5.41) is 13.4. The van der Waals surface area contributed by atoms with Crippen molar-refractivity contribution in [1.29, 1.82) is 0 Å². The van der Waals surface area contributed by atoms with Gasteiger partial charge in [-0.1, -0.05) is 54.2 Å². The number of hydrogen-bond acceptors (Lipinski definition) is 6. The second-order valence-corrected chi connectivity index (χ2v) is 8.84. The molecule has 1 aliphatic heterocycles. The number of para-hydroxylation sites is 1. The molecule has 1 fully saturated rings. The maximum absolute atomic E-state index is 12.2. The number of benzene rings is 3. The van der Waals surface area contributed by atoms with E-state index < -0.39 is 5.25 Å². The molecule has 1 aliphatic rings. The second kappa shape index (κ2) is 11.3. The molecular formula is C26H24N4O3S. The van der Waals surface area contributed by atoms with Crippen LogP contribution in [0.2, 0.25) is 0 Å². The number of nitrogens with one attached hydrogen (secondary N) is 2. The molecule has 0 aromatic heterocycles. The van der Waals surface area contributed by atoms with E-state index in [2.05, 4.69) is 39.9 Å². The zero-order valence-corrected chi connectivity index (χ0v) is 19.4. The number of carbonyl (C=O) groups is 2. The van der Waals surface area contributed by atoms with Gasteiger partial charge in [-0.2, -0.15) is 5.10 Å². The molecule has 3 aromatic rings. The van der Waals surface area contributed by atoms with Crippen LogP contribution in [0.5, 0.6) is 5.75 Å². The standard InChI is InChI=1S/C26H24N4O3S/c1-18-7-5-6-8-20(18)17-33-22-13-11-19(12-14-22)16-27-30-26-29-25(32)23(34-26)15-24(31)28-21-9-3-2-4-10-21/h2-14,16,23H,15,17H2,1H3,(H,28,31)(H,29,30,32). The molecular weight excluding hydrogens is 448 g/mol. The predicted molar refractivity (Wildman–Crippen MR) is 136 cm³/mol. The Hall–Kier alpha value is -3.91. The average Bonchev–Trinajstić information content (AvgIpc) is 3.18. The first-order chi connectivity index (χ1) is 16.6. The second-order valence-electron chi connectivity index (χ2n) is 7.65. The average molecular weight is 473 g/mol. The van der Waals surface area contributed by atoms with E-state index in [1.54, 1.807) is 18.3 Å². The van der Waals surface area contributed by atoms with E-state index in [1.807, 2.05) is 54.6 Å². The minimum atomic E-state index is -0.539. The van der Waals surface area contributed by atoms with Crippen LogP contribution in [0.3, 0.4) is 0 Å². The van der Waals surface area contributed by atoms with Crippen molar-refractivity contribution in [2.75, 3.05) is 5.32 Å². The van der Waals surface area contributed by atoms with Crippen LogP contribution in [-0.2, 0) is 16.2 Å². The molecule has 8 heteroatoms. The van der Waals surface area contributed by atoms with Crippen molar-refractivity contribution < 1.29 is 14.3 Å². The van der Waals surface area contributed by atoms with E-state index in [0.29, 0.717) is 17.5 Å². The lowest BCUT2D eigenvalue weighted by atomic mass is 10.1. The maximum atomic E-state index is 12.2. The van der Waals surface area contributed by atoms with Crippen LogP contribution in [0.4, 0.5) is 5.69 Å². The lowest BCUT2D eigenvalue weighted by molar-refractivity contribution is -0.122. The largest absolute Gasteiger partial charge is 0.489 e. The van der Waals surface area contributed by atoms with Crippen molar-refractivity contribution in [3.8, 4) is 5.75 Å². The van der Waals surface area contributed by atoms with Gasteiger partial charge in [0.05, 0.1) is 6.21 Å². The van der Waals surface area contributed by atoms with Crippen LogP contribution in [0, 0.1) is 6.92 Å². The number of aryl methyl sites for hydroxylation is 1. The molecule has 1 unspecified atom stereocenters. The van der Waals surface area contributed by atoms with Gasteiger partial charge < -0.3 is 15.4 Å². The lowest BCUT2D eigenvalue weighted by Crippen LogP contribution is -2.28. The zero-order valence-electron chi connectivity index (χ0n) is 18.6. The maximum Gasteiger partial charge on any atom is 0.240 e. The van der Waals surface area contributed by atoms with Crippen LogP contribution in [0.15, 0.2) is 89.1 Å². The highest BCUT2D eigenvalue weighted by Crippen LogP contribution is 2.23. The Morgan fingerprint density at radius 1 is 1.06 bits per heavy atom. The number of amidine groups is 1. The summed E-state index contributed by atoms with van der Waals surface area (Å²) in [4.78, 5) is 24.4. The highest BCUT2D eigenvalue weighted by atomic mass is 32.2. The highest BCUT2D eigenvalue weighted by molar-refractivity contribution is 8.15. The molecule has 34 heavy (non-hydrogen) atoms. The van der Waals surface area contributed by atoms with Gasteiger partial charge in [-0.25, -0.2) is 0 Å². The monoisotopic (exact) mass is 472 g/mol. The first kappa shape index (κ1) is 23.3. The van der Waals surface area contributed by atoms with Crippen LogP contribution in [0.1, 0.15) is 23.1 Å². The SMILES string of the molecule is Cc1ccccc1COc1ccc(C=NN=C2NC(=O)C(CC(=O)Nc3ccccc3)S2)cc1. The molecule has 3 aromatic carbocycles. The third-order valence-electron chi connectivity index (χ3n) is 5.10. The summed E-state index contributed by atoms with van der Waals surface area (Å²) in [5.41, 5.74) is 3.89. The summed E-state index contributed by atoms with van der Waals surface area (Å²) in [7, 11) is 0. The van der Waals surface area contributed by atoms with Gasteiger partial charge >= 0.3 is 0 Å². The fourth-order valence-corrected chi connectivity index (χ4v) is 4.14. The molecule has 7 nitrogen and oxygen atoms in total. The van der Waals surface area contributed by atoms with Gasteiger partial charge in [0.25, 0.3) is 0 Å². The molecule has 0 bridgehead atoms. The van der Waals surface area contributed by atoms with E-state index in [4.69, 9.17) is 4.74 Å². The Bertz CT molecular complexity index is 1210. The van der Waals surface area contributed by atoms with Gasteiger partial charge in [-0.3, -0.25) is 9.59 Å². The molecule has 1 heterocycles. The third kappa shape index (κ3) is 6.55. The summed E-state index contributed by atoms with van der Waals surface area (Å²) in [6.07, 6.45) is 1.65. The van der Waals surface area contributed by atoms with Gasteiger partial charge in [0.1, 0.15) is 17.6 Å². The minimum Gasteiger partial charge on any atom is -0.489 e. The topological polar surface area (TPSA) is 92.2 Å². The zero-order chi connectivity index (χ0) is 23.8. The number of carbonyl (C=O) groups excluding carboxylic acids is 2. The molecule has 172 valence electrons. The number of anilines is 1. The van der Waals surface area contributed by atoms with E-state index >= 15 is 0 Å². The Morgan fingerprint density at radius 3 is 2.56 bits per heavy atom. The molecule has 0 spiro atoms. The van der Waals surface area contributed by atoms with Gasteiger partial charge in [0.2, 0.25) is 11.8 Å². The number of ether oxygens (including phenoxy) is 1. The van der Waals surface area contributed by atoms with E-state index in [-0.39, 0.29) is 18.2 Å². The van der Waals surface area contributed by atoms with Crippen LogP contribution in [0.25, 0.3) is 0 Å². The first-order valence-electron chi connectivity index (χ1n) is 10.8. The Labute approximate surface area is 202 Å². The molecule has 2 amide bonds. The fraction of sp³-hybridized carbons (Fsp3) is 0.154. The van der Waals surface area contributed by atoms with Crippen LogP contribution in [-0.4, -0.2) is 28.4 Å². The summed E-state index contributed by atoms with van der Waals surface area (Å²) < 4.78 is 5.85. The smallest absolute Gasteiger partial charge is 0.240 e. The quantitative estimate of drug-likeness (QED) is 0.372.